The Kier molecular flexibility index (Phi) is 3.59. The summed E-state index contributed by atoms with van der Waals surface area (Å²) in [5.41, 5.74) is 8.60. The van der Waals surface area contributed by atoms with E-state index in [1.165, 1.54) is 33.4 Å². The van der Waals surface area contributed by atoms with Crippen LogP contribution in [0.4, 0.5) is 0 Å². The number of fused-ring (bicyclic) bond motifs is 1. The molecule has 0 nitrogen and oxygen atoms in total. The van der Waals surface area contributed by atoms with Crippen LogP contribution in [0.5, 0.6) is 0 Å². The molecule has 0 unspecified atom stereocenters. The van der Waals surface area contributed by atoms with E-state index in [1.54, 1.807) is 0 Å². The molecule has 0 fully saturated rings. The van der Waals surface area contributed by atoms with E-state index in [2.05, 4.69) is 91.9 Å². The van der Waals surface area contributed by atoms with Gasteiger partial charge in [-0.1, -0.05) is 90.5 Å². The number of benzene rings is 3. The molecule has 0 spiro atoms. The monoisotopic (exact) mass is 296 g/mol. The molecule has 0 saturated heterocycles. The fourth-order valence-electron chi connectivity index (χ4n) is 3.76. The van der Waals surface area contributed by atoms with Crippen molar-refractivity contribution in [2.24, 2.45) is 0 Å². The van der Waals surface area contributed by atoms with Crippen LogP contribution >= 0.6 is 0 Å². The van der Waals surface area contributed by atoms with Crippen molar-refractivity contribution in [3.8, 4) is 0 Å². The molecule has 0 radical (unpaired) electrons. The minimum Gasteiger partial charge on any atom is -0.0622 e. The molecule has 0 heteroatoms. The van der Waals surface area contributed by atoms with Crippen LogP contribution < -0.4 is 0 Å². The van der Waals surface area contributed by atoms with E-state index in [-0.39, 0.29) is 0 Å². The number of hydrogen-bond donors (Lipinski definition) is 0. The van der Waals surface area contributed by atoms with Gasteiger partial charge in [0, 0.05) is 5.92 Å². The third-order valence-corrected chi connectivity index (χ3v) is 4.90. The van der Waals surface area contributed by atoms with Crippen LogP contribution in [0.1, 0.15) is 35.1 Å². The molecule has 3 aromatic rings. The third-order valence-electron chi connectivity index (χ3n) is 4.90. The normalized spacial score (nSPS) is 13.5. The van der Waals surface area contributed by atoms with Gasteiger partial charge < -0.3 is 0 Å². The molecular weight excluding hydrogens is 276 g/mol. The first-order chi connectivity index (χ1) is 11.3. The van der Waals surface area contributed by atoms with Gasteiger partial charge in [0.05, 0.1) is 0 Å². The average molecular weight is 296 g/mol. The van der Waals surface area contributed by atoms with Gasteiger partial charge in [-0.05, 0) is 41.2 Å². The lowest BCUT2D eigenvalue weighted by molar-refractivity contribution is 0.913. The minimum atomic E-state index is 0.338. The molecule has 0 N–H and O–H groups in total. The summed E-state index contributed by atoms with van der Waals surface area (Å²) in [4.78, 5) is 0. The Morgan fingerprint density at radius 3 is 1.74 bits per heavy atom. The standard InChI is InChI=1S/C23H20/c1-17-21-15-9-8-14-20(21)16-22(17)23(18-10-4-2-5-11-18)19-12-6-3-7-13-19/h2-15,23H,16H2,1H3. The summed E-state index contributed by atoms with van der Waals surface area (Å²) < 4.78 is 0. The maximum absolute atomic E-state index is 2.28. The highest BCUT2D eigenvalue weighted by atomic mass is 14.3. The molecule has 1 aliphatic carbocycles. The van der Waals surface area contributed by atoms with Gasteiger partial charge >= 0.3 is 0 Å². The van der Waals surface area contributed by atoms with Crippen molar-refractivity contribution >= 4 is 5.57 Å². The summed E-state index contributed by atoms with van der Waals surface area (Å²) in [5.74, 6) is 0.338. The summed E-state index contributed by atoms with van der Waals surface area (Å²) in [6.45, 7) is 2.28. The maximum atomic E-state index is 2.28. The lowest BCUT2D eigenvalue weighted by Crippen LogP contribution is -2.05. The Bertz CT molecular complexity index is 802. The van der Waals surface area contributed by atoms with Crippen molar-refractivity contribution in [3.05, 3.63) is 113 Å². The predicted octanol–water partition coefficient (Wildman–Crippen LogP) is 5.85. The van der Waals surface area contributed by atoms with Gasteiger partial charge in [0.15, 0.2) is 0 Å². The highest BCUT2D eigenvalue weighted by Gasteiger charge is 2.26. The summed E-state index contributed by atoms with van der Waals surface area (Å²) >= 11 is 0. The topological polar surface area (TPSA) is 0 Å². The van der Waals surface area contributed by atoms with Gasteiger partial charge in [0.25, 0.3) is 0 Å². The average Bonchev–Trinajstić information content (AvgIpc) is 2.94. The molecule has 0 atom stereocenters. The Hall–Kier alpha value is -2.60. The van der Waals surface area contributed by atoms with E-state index < -0.39 is 0 Å². The Morgan fingerprint density at radius 1 is 0.652 bits per heavy atom. The molecular formula is C23H20. The van der Waals surface area contributed by atoms with Crippen molar-refractivity contribution in [1.82, 2.24) is 0 Å². The quantitative estimate of drug-likeness (QED) is 0.569. The van der Waals surface area contributed by atoms with E-state index >= 15 is 0 Å². The molecule has 0 bridgehead atoms. The Morgan fingerprint density at radius 2 is 1.17 bits per heavy atom. The number of allylic oxidation sites excluding steroid dienone is 2. The molecule has 0 amide bonds. The van der Waals surface area contributed by atoms with Gasteiger partial charge in [-0.2, -0.15) is 0 Å². The van der Waals surface area contributed by atoms with Gasteiger partial charge in [0.2, 0.25) is 0 Å². The third kappa shape index (κ3) is 2.51. The van der Waals surface area contributed by atoms with Crippen molar-refractivity contribution in [2.45, 2.75) is 19.3 Å². The van der Waals surface area contributed by atoms with E-state index in [0.29, 0.717) is 5.92 Å². The smallest absolute Gasteiger partial charge is 0.0308 e. The van der Waals surface area contributed by atoms with E-state index in [1.807, 2.05) is 0 Å². The molecule has 0 heterocycles. The molecule has 0 saturated carbocycles. The highest BCUT2D eigenvalue weighted by molar-refractivity contribution is 5.77. The Balaban J connectivity index is 1.87. The number of rotatable bonds is 3. The fraction of sp³-hybridized carbons (Fsp3) is 0.130. The second-order valence-electron chi connectivity index (χ2n) is 6.24. The summed E-state index contributed by atoms with van der Waals surface area (Å²) in [6, 6.07) is 30.6. The molecule has 0 aliphatic heterocycles. The van der Waals surface area contributed by atoms with E-state index in [0.717, 1.165) is 6.42 Å². The first-order valence-corrected chi connectivity index (χ1v) is 8.22. The van der Waals surface area contributed by atoms with Crippen LogP contribution in [-0.2, 0) is 6.42 Å². The SMILES string of the molecule is CC1=C(C(c2ccccc2)c2ccccc2)Cc2ccccc21. The summed E-state index contributed by atoms with van der Waals surface area (Å²) in [6.07, 6.45) is 1.05. The van der Waals surface area contributed by atoms with Crippen LogP contribution in [0.2, 0.25) is 0 Å². The highest BCUT2D eigenvalue weighted by Crippen LogP contribution is 2.43. The molecule has 1 aliphatic rings. The lowest BCUT2D eigenvalue weighted by Gasteiger charge is -2.21. The zero-order chi connectivity index (χ0) is 15.6. The minimum absolute atomic E-state index is 0.338. The molecule has 0 aromatic heterocycles. The molecule has 112 valence electrons. The molecule has 3 aromatic carbocycles. The fourth-order valence-corrected chi connectivity index (χ4v) is 3.76. The van der Waals surface area contributed by atoms with E-state index in [4.69, 9.17) is 0 Å². The second-order valence-corrected chi connectivity index (χ2v) is 6.24. The van der Waals surface area contributed by atoms with Crippen LogP contribution in [0, 0.1) is 0 Å². The molecule has 4 rings (SSSR count). The van der Waals surface area contributed by atoms with Gasteiger partial charge in [-0.25, -0.2) is 0 Å². The maximum Gasteiger partial charge on any atom is 0.0308 e. The van der Waals surface area contributed by atoms with Crippen LogP contribution in [0.15, 0.2) is 90.5 Å². The first-order valence-electron chi connectivity index (χ1n) is 8.22. The number of hydrogen-bond acceptors (Lipinski definition) is 0. The largest absolute Gasteiger partial charge is 0.0622 e. The summed E-state index contributed by atoms with van der Waals surface area (Å²) in [7, 11) is 0. The second kappa shape index (κ2) is 5.89. The van der Waals surface area contributed by atoms with Crippen molar-refractivity contribution in [3.63, 3.8) is 0 Å². The van der Waals surface area contributed by atoms with Gasteiger partial charge in [-0.3, -0.25) is 0 Å². The Labute approximate surface area is 138 Å². The molecule has 23 heavy (non-hydrogen) atoms. The zero-order valence-electron chi connectivity index (χ0n) is 13.4. The van der Waals surface area contributed by atoms with Crippen LogP contribution in [0.3, 0.4) is 0 Å². The van der Waals surface area contributed by atoms with Crippen LogP contribution in [0.25, 0.3) is 5.57 Å². The predicted molar refractivity (Wildman–Crippen MR) is 97.5 cm³/mol. The van der Waals surface area contributed by atoms with Crippen molar-refractivity contribution in [1.29, 1.82) is 0 Å². The summed E-state index contributed by atoms with van der Waals surface area (Å²) in [5, 5.41) is 0. The van der Waals surface area contributed by atoms with Gasteiger partial charge in [0.1, 0.15) is 0 Å². The zero-order valence-corrected chi connectivity index (χ0v) is 13.4. The van der Waals surface area contributed by atoms with Gasteiger partial charge in [-0.15, -0.1) is 0 Å². The first kappa shape index (κ1) is 14.0. The lowest BCUT2D eigenvalue weighted by atomic mass is 9.83. The van der Waals surface area contributed by atoms with Crippen molar-refractivity contribution in [2.75, 3.05) is 0 Å². The van der Waals surface area contributed by atoms with E-state index in [9.17, 15) is 0 Å². The van der Waals surface area contributed by atoms with Crippen LogP contribution in [-0.4, -0.2) is 0 Å². The van der Waals surface area contributed by atoms with Crippen molar-refractivity contribution < 1.29 is 0 Å².